The molecule has 0 amide bonds. The summed E-state index contributed by atoms with van der Waals surface area (Å²) in [4.78, 5) is 0. The smallest absolute Gasteiger partial charge is 0.0381 e. The van der Waals surface area contributed by atoms with Gasteiger partial charge in [0.25, 0.3) is 0 Å². The van der Waals surface area contributed by atoms with E-state index >= 15 is 0 Å². The molecule has 0 aromatic heterocycles. The van der Waals surface area contributed by atoms with Crippen LogP contribution in [0.1, 0.15) is 40.5 Å². The van der Waals surface area contributed by atoms with Crippen molar-refractivity contribution in [1.82, 2.24) is 0 Å². The van der Waals surface area contributed by atoms with E-state index in [-0.39, 0.29) is 0 Å². The van der Waals surface area contributed by atoms with E-state index in [4.69, 9.17) is 0 Å². The van der Waals surface area contributed by atoms with Crippen LogP contribution in [0.15, 0.2) is 0 Å². The molecule has 0 aliphatic heterocycles. The molecular formula is C9H19S-. The van der Waals surface area contributed by atoms with Gasteiger partial charge >= 0.3 is 0 Å². The second-order valence-corrected chi connectivity index (χ2v) is 4.65. The lowest BCUT2D eigenvalue weighted by atomic mass is 9.84. The maximum atomic E-state index is 4.08. The van der Waals surface area contributed by atoms with Crippen molar-refractivity contribution in [3.63, 3.8) is 0 Å². The summed E-state index contributed by atoms with van der Waals surface area (Å²) in [6.07, 6.45) is 2.41. The van der Waals surface area contributed by atoms with Gasteiger partial charge in [-0.2, -0.15) is 6.42 Å². The van der Waals surface area contributed by atoms with Crippen LogP contribution in [0.5, 0.6) is 0 Å². The first-order valence-electron chi connectivity index (χ1n) is 3.91. The Morgan fingerprint density at radius 2 is 1.90 bits per heavy atom. The Morgan fingerprint density at radius 3 is 2.20 bits per heavy atom. The highest BCUT2D eigenvalue weighted by Crippen LogP contribution is 2.26. The van der Waals surface area contributed by atoms with Gasteiger partial charge < -0.3 is 12.6 Å². The molecule has 0 saturated heterocycles. The maximum absolute atomic E-state index is 4.08. The van der Waals surface area contributed by atoms with Crippen molar-refractivity contribution in [2.24, 2.45) is 11.3 Å². The third-order valence-corrected chi connectivity index (χ3v) is 1.68. The molecule has 0 bridgehead atoms. The first kappa shape index (κ1) is 10.3. The minimum Gasteiger partial charge on any atom is -0.369 e. The van der Waals surface area contributed by atoms with E-state index < -0.39 is 0 Å². The van der Waals surface area contributed by atoms with E-state index in [0.717, 1.165) is 12.3 Å². The number of thiol groups is 1. The van der Waals surface area contributed by atoms with Crippen LogP contribution in [-0.4, -0.2) is 0 Å². The predicted molar refractivity (Wildman–Crippen MR) is 51.1 cm³/mol. The lowest BCUT2D eigenvalue weighted by Gasteiger charge is -2.25. The van der Waals surface area contributed by atoms with Crippen molar-refractivity contribution in [3.05, 3.63) is 5.75 Å². The van der Waals surface area contributed by atoms with Gasteiger partial charge in [-0.15, -0.1) is 0 Å². The zero-order chi connectivity index (χ0) is 8.20. The molecule has 0 rings (SSSR count). The van der Waals surface area contributed by atoms with E-state index in [1.807, 2.05) is 5.75 Å². The second kappa shape index (κ2) is 4.27. The van der Waals surface area contributed by atoms with Crippen molar-refractivity contribution in [1.29, 1.82) is 0 Å². The number of rotatable bonds is 3. The standard InChI is InChI=1S/C9H19S/c1-8(5-6-10)7-9(2,3)4/h6,8,10H,5,7H2,1-4H3/q-1. The van der Waals surface area contributed by atoms with E-state index in [1.165, 1.54) is 6.42 Å². The minimum absolute atomic E-state index is 0.468. The Morgan fingerprint density at radius 1 is 1.40 bits per heavy atom. The van der Waals surface area contributed by atoms with Gasteiger partial charge in [0.1, 0.15) is 0 Å². The Balaban J connectivity index is 3.47. The fourth-order valence-electron chi connectivity index (χ4n) is 1.31. The Labute approximate surface area is 70.8 Å². The molecule has 0 heterocycles. The van der Waals surface area contributed by atoms with Gasteiger partial charge in [-0.25, -0.2) is 0 Å². The first-order valence-corrected chi connectivity index (χ1v) is 4.43. The van der Waals surface area contributed by atoms with Gasteiger partial charge in [0.15, 0.2) is 0 Å². The van der Waals surface area contributed by atoms with Crippen LogP contribution in [-0.2, 0) is 0 Å². The zero-order valence-corrected chi connectivity index (χ0v) is 8.41. The van der Waals surface area contributed by atoms with Crippen LogP contribution in [0.4, 0.5) is 0 Å². The molecule has 0 aliphatic rings. The largest absolute Gasteiger partial charge is 0.369 e. The monoisotopic (exact) mass is 159 g/mol. The fourth-order valence-corrected chi connectivity index (χ4v) is 1.67. The number of hydrogen-bond acceptors (Lipinski definition) is 1. The molecule has 0 aliphatic carbocycles. The third-order valence-electron chi connectivity index (χ3n) is 1.47. The second-order valence-electron chi connectivity index (χ2n) is 4.29. The Kier molecular flexibility index (Phi) is 4.42. The first-order chi connectivity index (χ1) is 4.45. The van der Waals surface area contributed by atoms with Crippen molar-refractivity contribution < 1.29 is 0 Å². The van der Waals surface area contributed by atoms with E-state index in [2.05, 4.69) is 40.3 Å². The average Bonchev–Trinajstić information content (AvgIpc) is 1.59. The quantitative estimate of drug-likeness (QED) is 0.472. The predicted octanol–water partition coefficient (Wildman–Crippen LogP) is 3.54. The van der Waals surface area contributed by atoms with Crippen LogP contribution in [0, 0.1) is 17.1 Å². The molecule has 0 radical (unpaired) electrons. The molecule has 0 fully saturated rings. The fraction of sp³-hybridized carbons (Fsp3) is 0.889. The molecule has 10 heavy (non-hydrogen) atoms. The normalized spacial score (nSPS) is 15.3. The topological polar surface area (TPSA) is 0 Å². The lowest BCUT2D eigenvalue weighted by molar-refractivity contribution is 0.307. The summed E-state index contributed by atoms with van der Waals surface area (Å²) in [7, 11) is 0. The molecule has 1 atom stereocenters. The van der Waals surface area contributed by atoms with Crippen LogP contribution in [0.2, 0.25) is 0 Å². The van der Waals surface area contributed by atoms with Crippen molar-refractivity contribution >= 4 is 12.6 Å². The summed E-state index contributed by atoms with van der Waals surface area (Å²) < 4.78 is 0. The average molecular weight is 159 g/mol. The van der Waals surface area contributed by atoms with Gasteiger partial charge in [0.2, 0.25) is 0 Å². The van der Waals surface area contributed by atoms with Gasteiger partial charge in [-0.05, 0) is 11.8 Å². The summed E-state index contributed by atoms with van der Waals surface area (Å²) >= 11 is 4.08. The minimum atomic E-state index is 0.468. The molecule has 1 heteroatoms. The van der Waals surface area contributed by atoms with Gasteiger partial charge in [-0.1, -0.05) is 33.6 Å². The van der Waals surface area contributed by atoms with Gasteiger partial charge in [0, 0.05) is 0 Å². The molecule has 1 unspecified atom stereocenters. The number of hydrogen-bond donors (Lipinski definition) is 1. The Bertz CT molecular complexity index is 81.2. The van der Waals surface area contributed by atoms with E-state index in [0.29, 0.717) is 5.41 Å². The SMILES string of the molecule is CC(C[CH-]S)CC(C)(C)C. The van der Waals surface area contributed by atoms with Gasteiger partial charge in [-0.3, -0.25) is 5.75 Å². The summed E-state index contributed by atoms with van der Waals surface area (Å²) in [6.45, 7) is 9.12. The van der Waals surface area contributed by atoms with Crippen molar-refractivity contribution in [3.8, 4) is 0 Å². The molecule has 62 valence electrons. The van der Waals surface area contributed by atoms with Crippen molar-refractivity contribution in [2.45, 2.75) is 40.5 Å². The molecule has 0 spiro atoms. The third kappa shape index (κ3) is 6.47. The summed E-state index contributed by atoms with van der Waals surface area (Å²) in [5.74, 6) is 2.73. The highest BCUT2D eigenvalue weighted by molar-refractivity contribution is 7.82. The van der Waals surface area contributed by atoms with Gasteiger partial charge in [0.05, 0.1) is 0 Å². The highest BCUT2D eigenvalue weighted by atomic mass is 32.1. The summed E-state index contributed by atoms with van der Waals surface area (Å²) in [5, 5.41) is 0. The van der Waals surface area contributed by atoms with Crippen molar-refractivity contribution in [2.75, 3.05) is 0 Å². The van der Waals surface area contributed by atoms with Crippen LogP contribution >= 0.6 is 12.6 Å². The zero-order valence-electron chi connectivity index (χ0n) is 7.52. The summed E-state index contributed by atoms with van der Waals surface area (Å²) in [5.41, 5.74) is 0.468. The van der Waals surface area contributed by atoms with Crippen LogP contribution in [0.25, 0.3) is 0 Å². The maximum Gasteiger partial charge on any atom is -0.0381 e. The van der Waals surface area contributed by atoms with E-state index in [1.54, 1.807) is 0 Å². The molecule has 0 aromatic rings. The van der Waals surface area contributed by atoms with Crippen LogP contribution < -0.4 is 0 Å². The molecule has 0 saturated carbocycles. The molecule has 0 nitrogen and oxygen atoms in total. The molecule has 0 N–H and O–H groups in total. The summed E-state index contributed by atoms with van der Waals surface area (Å²) in [6, 6.07) is 0. The van der Waals surface area contributed by atoms with Crippen LogP contribution in [0.3, 0.4) is 0 Å². The highest BCUT2D eigenvalue weighted by Gasteiger charge is 2.12. The molecule has 0 aromatic carbocycles. The van der Waals surface area contributed by atoms with E-state index in [9.17, 15) is 0 Å². The lowest BCUT2D eigenvalue weighted by Crippen LogP contribution is -2.10. The molecular weight excluding hydrogens is 140 g/mol. The Hall–Kier alpha value is 0.350.